The fourth-order valence-corrected chi connectivity index (χ4v) is 3.42. The third kappa shape index (κ3) is 4.86. The third-order valence-corrected chi connectivity index (χ3v) is 5.28. The van der Waals surface area contributed by atoms with Crippen LogP contribution in [0.4, 0.5) is 33.5 Å². The lowest BCUT2D eigenvalue weighted by Gasteiger charge is -2.16. The summed E-state index contributed by atoms with van der Waals surface area (Å²) in [6, 6.07) is 14.8. The van der Waals surface area contributed by atoms with Crippen LogP contribution in [-0.2, 0) is 11.2 Å². The Morgan fingerprint density at radius 2 is 1.47 bits per heavy atom. The Bertz CT molecular complexity index is 1400. The SMILES string of the molecule is Nc1ccc(-c2cnc(NC(=O)Cc3c(F)c(F)c(F)c(F)c3F)c(C(O)c3ccccc3)n2)cc1. The summed E-state index contributed by atoms with van der Waals surface area (Å²) >= 11 is 0. The van der Waals surface area contributed by atoms with Gasteiger partial charge < -0.3 is 16.2 Å². The number of amides is 1. The summed E-state index contributed by atoms with van der Waals surface area (Å²) in [7, 11) is 0. The zero-order valence-corrected chi connectivity index (χ0v) is 18.3. The van der Waals surface area contributed by atoms with E-state index < -0.39 is 53.1 Å². The van der Waals surface area contributed by atoms with Crippen molar-refractivity contribution in [2.24, 2.45) is 0 Å². The molecule has 4 N–H and O–H groups in total. The van der Waals surface area contributed by atoms with Gasteiger partial charge in [-0.25, -0.2) is 31.9 Å². The first-order valence-corrected chi connectivity index (χ1v) is 10.4. The molecule has 0 fully saturated rings. The highest BCUT2D eigenvalue weighted by atomic mass is 19.2. The molecule has 1 heterocycles. The van der Waals surface area contributed by atoms with E-state index in [1.807, 2.05) is 0 Å². The highest BCUT2D eigenvalue weighted by Crippen LogP contribution is 2.29. The number of hydrogen-bond donors (Lipinski definition) is 3. The fourth-order valence-electron chi connectivity index (χ4n) is 3.42. The van der Waals surface area contributed by atoms with Gasteiger partial charge >= 0.3 is 0 Å². The van der Waals surface area contributed by atoms with Crippen molar-refractivity contribution in [2.75, 3.05) is 11.1 Å². The molecule has 6 nitrogen and oxygen atoms in total. The maximum Gasteiger partial charge on any atom is 0.230 e. The number of anilines is 2. The van der Waals surface area contributed by atoms with Gasteiger partial charge in [0.05, 0.1) is 18.3 Å². The molecule has 36 heavy (non-hydrogen) atoms. The van der Waals surface area contributed by atoms with Gasteiger partial charge in [0.25, 0.3) is 0 Å². The number of aromatic nitrogens is 2. The fraction of sp³-hybridized carbons (Fsp3) is 0.0800. The maximum atomic E-state index is 14.0. The number of carbonyl (C=O) groups excluding carboxylic acids is 1. The van der Waals surface area contributed by atoms with Gasteiger partial charge in [-0.3, -0.25) is 4.79 Å². The van der Waals surface area contributed by atoms with Gasteiger partial charge in [0.2, 0.25) is 11.7 Å². The van der Waals surface area contributed by atoms with Crippen LogP contribution in [0.1, 0.15) is 22.9 Å². The first-order valence-electron chi connectivity index (χ1n) is 10.4. The number of carbonyl (C=O) groups is 1. The molecule has 0 spiro atoms. The average Bonchev–Trinajstić information content (AvgIpc) is 2.89. The molecule has 0 bridgehead atoms. The smallest absolute Gasteiger partial charge is 0.230 e. The van der Waals surface area contributed by atoms with Crippen LogP contribution in [0.15, 0.2) is 60.8 Å². The molecule has 0 saturated heterocycles. The van der Waals surface area contributed by atoms with Crippen molar-refractivity contribution in [2.45, 2.75) is 12.5 Å². The molecule has 11 heteroatoms. The number of nitrogens with two attached hydrogens (primary N) is 1. The largest absolute Gasteiger partial charge is 0.399 e. The number of hydrogen-bond acceptors (Lipinski definition) is 5. The van der Waals surface area contributed by atoms with Crippen molar-refractivity contribution in [3.8, 4) is 11.3 Å². The van der Waals surface area contributed by atoms with Gasteiger partial charge in [-0.05, 0) is 17.7 Å². The van der Waals surface area contributed by atoms with Gasteiger partial charge in [0.15, 0.2) is 29.1 Å². The minimum absolute atomic E-state index is 0.110. The highest BCUT2D eigenvalue weighted by Gasteiger charge is 2.28. The molecular formula is C25H17F5N4O2. The predicted molar refractivity (Wildman–Crippen MR) is 121 cm³/mol. The number of aliphatic hydroxyl groups is 1. The second-order valence-corrected chi connectivity index (χ2v) is 7.70. The van der Waals surface area contributed by atoms with Crippen molar-refractivity contribution in [3.63, 3.8) is 0 Å². The summed E-state index contributed by atoms with van der Waals surface area (Å²) in [4.78, 5) is 21.1. The topological polar surface area (TPSA) is 101 Å². The second-order valence-electron chi connectivity index (χ2n) is 7.70. The van der Waals surface area contributed by atoms with Crippen LogP contribution in [0.2, 0.25) is 0 Å². The van der Waals surface area contributed by atoms with E-state index in [9.17, 15) is 31.9 Å². The average molecular weight is 500 g/mol. The summed E-state index contributed by atoms with van der Waals surface area (Å²) in [5.41, 5.74) is 6.11. The minimum Gasteiger partial charge on any atom is -0.399 e. The molecule has 3 aromatic carbocycles. The normalized spacial score (nSPS) is 11.8. The quantitative estimate of drug-likeness (QED) is 0.154. The summed E-state index contributed by atoms with van der Waals surface area (Å²) < 4.78 is 68.4. The van der Waals surface area contributed by atoms with Gasteiger partial charge in [-0.15, -0.1) is 0 Å². The van der Waals surface area contributed by atoms with E-state index in [4.69, 9.17) is 5.73 Å². The number of aliphatic hydroxyl groups excluding tert-OH is 1. The van der Waals surface area contributed by atoms with Crippen LogP contribution in [0, 0.1) is 29.1 Å². The van der Waals surface area contributed by atoms with Gasteiger partial charge in [0, 0.05) is 16.8 Å². The number of halogens is 5. The first kappa shape index (κ1) is 24.7. The molecule has 4 aromatic rings. The van der Waals surface area contributed by atoms with Crippen molar-refractivity contribution in [1.29, 1.82) is 0 Å². The summed E-state index contributed by atoms with van der Waals surface area (Å²) in [6.45, 7) is 0. The van der Waals surface area contributed by atoms with Gasteiger partial charge in [0.1, 0.15) is 11.8 Å². The van der Waals surface area contributed by atoms with Crippen LogP contribution in [0.25, 0.3) is 11.3 Å². The monoisotopic (exact) mass is 500 g/mol. The zero-order valence-electron chi connectivity index (χ0n) is 18.3. The van der Waals surface area contributed by atoms with Gasteiger partial charge in [-0.2, -0.15) is 0 Å². The zero-order chi connectivity index (χ0) is 26.0. The predicted octanol–water partition coefficient (Wildman–Crippen LogP) is 4.68. The molecule has 0 aliphatic carbocycles. The Morgan fingerprint density at radius 3 is 2.08 bits per heavy atom. The van der Waals surface area contributed by atoms with E-state index in [0.29, 0.717) is 22.5 Å². The first-order chi connectivity index (χ1) is 17.2. The van der Waals surface area contributed by atoms with Crippen molar-refractivity contribution in [1.82, 2.24) is 9.97 Å². The Labute approximate surface area is 201 Å². The second kappa shape index (κ2) is 10.1. The number of nitrogens with zero attached hydrogens (tertiary/aromatic N) is 2. The number of nitrogens with one attached hydrogen (secondary N) is 1. The minimum atomic E-state index is -2.33. The van der Waals surface area contributed by atoms with Gasteiger partial charge in [-0.1, -0.05) is 42.5 Å². The van der Waals surface area contributed by atoms with E-state index in [2.05, 4.69) is 15.3 Å². The lowest BCUT2D eigenvalue weighted by Crippen LogP contribution is -2.21. The van der Waals surface area contributed by atoms with E-state index in [-0.39, 0.29) is 11.5 Å². The van der Waals surface area contributed by atoms with Crippen molar-refractivity contribution in [3.05, 3.63) is 107 Å². The number of rotatable bonds is 6. The molecular weight excluding hydrogens is 483 g/mol. The van der Waals surface area contributed by atoms with Crippen LogP contribution in [0.3, 0.4) is 0 Å². The molecule has 4 rings (SSSR count). The molecule has 1 amide bonds. The van der Waals surface area contributed by atoms with E-state index in [1.165, 1.54) is 6.20 Å². The molecule has 184 valence electrons. The number of benzene rings is 3. The van der Waals surface area contributed by atoms with Crippen LogP contribution >= 0.6 is 0 Å². The maximum absolute atomic E-state index is 14.0. The summed E-state index contributed by atoms with van der Waals surface area (Å²) in [6.07, 6.45) is -1.29. The molecule has 0 aliphatic heterocycles. The van der Waals surface area contributed by atoms with Crippen LogP contribution < -0.4 is 11.1 Å². The van der Waals surface area contributed by atoms with Crippen molar-refractivity contribution < 1.29 is 31.9 Å². The van der Waals surface area contributed by atoms with Crippen LogP contribution in [0.5, 0.6) is 0 Å². The standard InChI is InChI=1S/C25H17F5N4O2/c26-18-15(19(27)21(29)22(30)20(18)28)10-17(35)34-25-23(24(36)13-4-2-1-3-5-13)33-16(11-32-25)12-6-8-14(31)9-7-12/h1-9,11,24,36H,10,31H2,(H,32,34,35). The molecule has 0 aliphatic rings. The third-order valence-electron chi connectivity index (χ3n) is 5.28. The summed E-state index contributed by atoms with van der Waals surface area (Å²) in [5.74, 6) is -12.3. The molecule has 1 aromatic heterocycles. The Morgan fingerprint density at radius 1 is 0.889 bits per heavy atom. The molecule has 1 unspecified atom stereocenters. The van der Waals surface area contributed by atoms with E-state index in [1.54, 1.807) is 54.6 Å². The Kier molecular flexibility index (Phi) is 6.93. The lowest BCUT2D eigenvalue weighted by molar-refractivity contribution is -0.115. The molecule has 0 radical (unpaired) electrons. The number of nitrogen functional groups attached to an aromatic ring is 1. The molecule has 1 atom stereocenters. The van der Waals surface area contributed by atoms with E-state index in [0.717, 1.165) is 0 Å². The lowest BCUT2D eigenvalue weighted by atomic mass is 10.1. The summed E-state index contributed by atoms with van der Waals surface area (Å²) in [5, 5.41) is 13.2. The Balaban J connectivity index is 1.70. The Hall–Kier alpha value is -4.38. The molecule has 0 saturated carbocycles. The van der Waals surface area contributed by atoms with Crippen molar-refractivity contribution >= 4 is 17.4 Å². The van der Waals surface area contributed by atoms with Crippen LogP contribution in [-0.4, -0.2) is 21.0 Å². The van der Waals surface area contributed by atoms with E-state index >= 15 is 0 Å². The highest BCUT2D eigenvalue weighted by molar-refractivity contribution is 5.92.